The summed E-state index contributed by atoms with van der Waals surface area (Å²) in [6, 6.07) is 0. The first-order chi connectivity index (χ1) is 4.00. The van der Waals surface area contributed by atoms with Gasteiger partial charge < -0.3 is 5.73 Å². The van der Waals surface area contributed by atoms with E-state index >= 15 is 0 Å². The smallest absolute Gasteiger partial charge is 0.254 e. The zero-order valence-corrected chi connectivity index (χ0v) is 5.78. The van der Waals surface area contributed by atoms with Gasteiger partial charge >= 0.3 is 0 Å². The van der Waals surface area contributed by atoms with E-state index in [0.717, 1.165) is 0 Å². The molecular weight excluding hydrogens is 121 g/mol. The number of hydrogen-bond donors (Lipinski definition) is 1. The van der Waals surface area contributed by atoms with Crippen molar-refractivity contribution in [1.29, 1.82) is 0 Å². The lowest BCUT2D eigenvalue weighted by Gasteiger charge is -2.13. The van der Waals surface area contributed by atoms with Gasteiger partial charge in [0, 0.05) is 0 Å². The maximum atomic E-state index is 12.7. The van der Waals surface area contributed by atoms with E-state index in [9.17, 15) is 9.18 Å². The predicted molar refractivity (Wildman–Crippen MR) is 33.6 cm³/mol. The maximum absolute atomic E-state index is 12.7. The Kier molecular flexibility index (Phi) is 2.62. The van der Waals surface area contributed by atoms with E-state index in [2.05, 4.69) is 0 Å². The second-order valence-electron chi connectivity index (χ2n) is 2.31. The first-order valence-corrected chi connectivity index (χ1v) is 2.99. The lowest BCUT2D eigenvalue weighted by atomic mass is 10.0. The second kappa shape index (κ2) is 2.80. The molecule has 0 bridgehead atoms. The van der Waals surface area contributed by atoms with E-state index < -0.39 is 11.6 Å². The lowest BCUT2D eigenvalue weighted by Crippen LogP contribution is -2.36. The maximum Gasteiger partial charge on any atom is 0.254 e. The van der Waals surface area contributed by atoms with Crippen LogP contribution in [0, 0.1) is 0 Å². The van der Waals surface area contributed by atoms with Crippen molar-refractivity contribution in [3.8, 4) is 0 Å². The highest BCUT2D eigenvalue weighted by Gasteiger charge is 2.28. The first kappa shape index (κ1) is 8.40. The number of amides is 1. The standard InChI is InChI=1S/C6H12FNO/c1-3-4-6(2,7)5(8)9/h3-4H2,1-2H3,(H2,8,9). The van der Waals surface area contributed by atoms with Gasteiger partial charge in [-0.25, -0.2) is 4.39 Å². The molecule has 0 saturated carbocycles. The van der Waals surface area contributed by atoms with Gasteiger partial charge in [0.05, 0.1) is 0 Å². The Bertz CT molecular complexity index is 112. The fraction of sp³-hybridized carbons (Fsp3) is 0.833. The summed E-state index contributed by atoms with van der Waals surface area (Å²) in [6.45, 7) is 3.01. The summed E-state index contributed by atoms with van der Waals surface area (Å²) in [7, 11) is 0. The van der Waals surface area contributed by atoms with Crippen molar-refractivity contribution >= 4 is 5.91 Å². The van der Waals surface area contributed by atoms with Gasteiger partial charge in [0.1, 0.15) is 0 Å². The number of carbonyl (C=O) groups excluding carboxylic acids is 1. The quantitative estimate of drug-likeness (QED) is 0.613. The molecular formula is C6H12FNO. The fourth-order valence-corrected chi connectivity index (χ4v) is 0.593. The molecule has 2 N–H and O–H groups in total. The van der Waals surface area contributed by atoms with Crippen LogP contribution in [0.25, 0.3) is 0 Å². The molecule has 0 heterocycles. The van der Waals surface area contributed by atoms with Crippen molar-refractivity contribution in [2.24, 2.45) is 5.73 Å². The number of carbonyl (C=O) groups is 1. The molecule has 0 radical (unpaired) electrons. The number of rotatable bonds is 3. The molecule has 0 spiro atoms. The highest BCUT2D eigenvalue weighted by Crippen LogP contribution is 2.15. The molecule has 0 fully saturated rings. The Hall–Kier alpha value is -0.600. The SMILES string of the molecule is CCCC(C)(F)C(N)=O. The van der Waals surface area contributed by atoms with E-state index in [1.165, 1.54) is 6.92 Å². The van der Waals surface area contributed by atoms with Crippen LogP contribution in [0.2, 0.25) is 0 Å². The number of halogens is 1. The van der Waals surface area contributed by atoms with E-state index in [1.807, 2.05) is 0 Å². The Morgan fingerprint density at radius 2 is 2.22 bits per heavy atom. The topological polar surface area (TPSA) is 43.1 Å². The van der Waals surface area contributed by atoms with Crippen molar-refractivity contribution in [1.82, 2.24) is 0 Å². The van der Waals surface area contributed by atoms with Gasteiger partial charge in [-0.15, -0.1) is 0 Å². The highest BCUT2D eigenvalue weighted by molar-refractivity contribution is 5.82. The van der Waals surface area contributed by atoms with Crippen molar-refractivity contribution in [3.63, 3.8) is 0 Å². The monoisotopic (exact) mass is 133 g/mol. The van der Waals surface area contributed by atoms with Crippen molar-refractivity contribution in [2.75, 3.05) is 0 Å². The largest absolute Gasteiger partial charge is 0.367 e. The molecule has 3 heteroatoms. The van der Waals surface area contributed by atoms with Gasteiger partial charge in [-0.1, -0.05) is 13.3 Å². The summed E-state index contributed by atoms with van der Waals surface area (Å²) < 4.78 is 12.7. The summed E-state index contributed by atoms with van der Waals surface area (Å²) in [4.78, 5) is 10.3. The minimum atomic E-state index is -1.81. The Balaban J connectivity index is 3.85. The molecule has 9 heavy (non-hydrogen) atoms. The second-order valence-corrected chi connectivity index (χ2v) is 2.31. The minimum Gasteiger partial charge on any atom is -0.367 e. The average molecular weight is 133 g/mol. The van der Waals surface area contributed by atoms with Crippen molar-refractivity contribution < 1.29 is 9.18 Å². The van der Waals surface area contributed by atoms with Gasteiger partial charge in [-0.05, 0) is 13.3 Å². The zero-order valence-electron chi connectivity index (χ0n) is 5.78. The number of hydrogen-bond acceptors (Lipinski definition) is 1. The van der Waals surface area contributed by atoms with Gasteiger partial charge in [0.15, 0.2) is 5.67 Å². The molecule has 1 atom stereocenters. The average Bonchev–Trinajstić information content (AvgIpc) is 1.65. The summed E-state index contributed by atoms with van der Waals surface area (Å²) in [5.41, 5.74) is 2.93. The van der Waals surface area contributed by atoms with Gasteiger partial charge in [-0.2, -0.15) is 0 Å². The molecule has 0 rings (SSSR count). The normalized spacial score (nSPS) is 16.8. The molecule has 0 saturated heterocycles. The zero-order chi connectivity index (χ0) is 7.49. The number of primary amides is 1. The first-order valence-electron chi connectivity index (χ1n) is 2.99. The molecule has 0 aliphatic heterocycles. The van der Waals surface area contributed by atoms with E-state index in [0.29, 0.717) is 6.42 Å². The summed E-state index contributed by atoms with van der Waals surface area (Å²) >= 11 is 0. The molecule has 0 aliphatic carbocycles. The Morgan fingerprint density at radius 3 is 2.33 bits per heavy atom. The summed E-state index contributed by atoms with van der Waals surface area (Å²) in [5.74, 6) is -0.871. The van der Waals surface area contributed by atoms with Crippen molar-refractivity contribution in [3.05, 3.63) is 0 Å². The fourth-order valence-electron chi connectivity index (χ4n) is 0.593. The van der Waals surface area contributed by atoms with Crippen molar-refractivity contribution in [2.45, 2.75) is 32.4 Å². The molecule has 2 nitrogen and oxygen atoms in total. The Labute approximate surface area is 54.2 Å². The molecule has 0 aromatic rings. The molecule has 0 aromatic heterocycles. The van der Waals surface area contributed by atoms with Crippen LogP contribution in [0.4, 0.5) is 4.39 Å². The van der Waals surface area contributed by atoms with Crippen LogP contribution in [0.15, 0.2) is 0 Å². The third-order valence-corrected chi connectivity index (χ3v) is 1.23. The predicted octanol–water partition coefficient (Wildman–Crippen LogP) is 1.00. The van der Waals surface area contributed by atoms with Crippen LogP contribution in [0.1, 0.15) is 26.7 Å². The summed E-state index contributed by atoms with van der Waals surface area (Å²) in [5, 5.41) is 0. The molecule has 0 aromatic carbocycles. The summed E-state index contributed by atoms with van der Waals surface area (Å²) in [6.07, 6.45) is 0.846. The van der Waals surface area contributed by atoms with Gasteiger partial charge in [0.25, 0.3) is 5.91 Å². The molecule has 1 unspecified atom stereocenters. The van der Waals surface area contributed by atoms with Gasteiger partial charge in [-0.3, -0.25) is 4.79 Å². The molecule has 54 valence electrons. The van der Waals surface area contributed by atoms with Gasteiger partial charge in [0.2, 0.25) is 0 Å². The third-order valence-electron chi connectivity index (χ3n) is 1.23. The van der Waals surface area contributed by atoms with Crippen LogP contribution in [0.3, 0.4) is 0 Å². The van der Waals surface area contributed by atoms with Crippen LogP contribution in [-0.4, -0.2) is 11.6 Å². The van der Waals surface area contributed by atoms with Crippen LogP contribution in [-0.2, 0) is 4.79 Å². The van der Waals surface area contributed by atoms with E-state index in [-0.39, 0.29) is 6.42 Å². The lowest BCUT2D eigenvalue weighted by molar-refractivity contribution is -0.128. The molecule has 1 amide bonds. The highest BCUT2D eigenvalue weighted by atomic mass is 19.1. The van der Waals surface area contributed by atoms with Crippen LogP contribution >= 0.6 is 0 Å². The van der Waals surface area contributed by atoms with E-state index in [4.69, 9.17) is 5.73 Å². The number of nitrogens with two attached hydrogens (primary N) is 1. The van der Waals surface area contributed by atoms with Crippen LogP contribution < -0.4 is 5.73 Å². The number of alkyl halides is 1. The molecule has 0 aliphatic rings. The minimum absolute atomic E-state index is 0.211. The third kappa shape index (κ3) is 2.44. The van der Waals surface area contributed by atoms with Crippen LogP contribution in [0.5, 0.6) is 0 Å². The Morgan fingerprint density at radius 1 is 1.78 bits per heavy atom. The van der Waals surface area contributed by atoms with E-state index in [1.54, 1.807) is 6.92 Å².